The maximum atomic E-state index is 13.7. The number of fused-ring (bicyclic) bond motifs is 2. The number of phenolic OH excluding ortho intramolecular Hbond substituents is 1. The SMILES string of the molecule is CCOc1cc([C@H]2c3c(oc4cc(C)c(Cl)cc4c3=O)C(=O)N2Cc2ccc(F)cc2)ccc1O. The summed E-state index contributed by atoms with van der Waals surface area (Å²) in [4.78, 5) is 28.8. The van der Waals surface area contributed by atoms with Crippen molar-refractivity contribution in [3.8, 4) is 11.5 Å². The Morgan fingerprint density at radius 1 is 1.11 bits per heavy atom. The fourth-order valence-electron chi connectivity index (χ4n) is 4.41. The molecule has 6 nitrogen and oxygen atoms in total. The minimum absolute atomic E-state index is 0.0534. The maximum absolute atomic E-state index is 13.7. The zero-order valence-electron chi connectivity index (χ0n) is 19.0. The van der Waals surface area contributed by atoms with Gasteiger partial charge in [0, 0.05) is 11.6 Å². The minimum Gasteiger partial charge on any atom is -0.504 e. The van der Waals surface area contributed by atoms with E-state index in [0.29, 0.717) is 28.3 Å². The van der Waals surface area contributed by atoms with Crippen LogP contribution < -0.4 is 10.2 Å². The Balaban J connectivity index is 1.73. The number of aryl methyl sites for hydroxylation is 1. The number of rotatable bonds is 5. The maximum Gasteiger partial charge on any atom is 0.291 e. The third-order valence-corrected chi connectivity index (χ3v) is 6.52. The number of aromatic hydroxyl groups is 1. The molecule has 8 heteroatoms. The molecule has 0 saturated heterocycles. The summed E-state index contributed by atoms with van der Waals surface area (Å²) in [6, 6.07) is 12.9. The molecule has 5 rings (SSSR count). The number of ether oxygens (including phenoxy) is 1. The van der Waals surface area contributed by atoms with E-state index in [1.807, 2.05) is 0 Å². The highest BCUT2D eigenvalue weighted by atomic mass is 35.5. The van der Waals surface area contributed by atoms with E-state index in [2.05, 4.69) is 0 Å². The van der Waals surface area contributed by atoms with Crippen LogP contribution in [0.4, 0.5) is 4.39 Å². The van der Waals surface area contributed by atoms with Crippen molar-refractivity contribution in [3.63, 3.8) is 0 Å². The first-order valence-electron chi connectivity index (χ1n) is 11.1. The second-order valence-corrected chi connectivity index (χ2v) is 8.80. The van der Waals surface area contributed by atoms with Gasteiger partial charge < -0.3 is 19.2 Å². The summed E-state index contributed by atoms with van der Waals surface area (Å²) >= 11 is 6.28. The fraction of sp³-hybridized carbons (Fsp3) is 0.185. The molecule has 1 amide bonds. The summed E-state index contributed by atoms with van der Waals surface area (Å²) in [5.74, 6) is -0.736. The molecule has 178 valence electrons. The number of benzene rings is 3. The van der Waals surface area contributed by atoms with E-state index in [0.717, 1.165) is 0 Å². The highest BCUT2D eigenvalue weighted by Gasteiger charge is 2.43. The Kier molecular flexibility index (Phi) is 5.73. The van der Waals surface area contributed by atoms with Crippen molar-refractivity contribution in [1.82, 2.24) is 4.90 Å². The van der Waals surface area contributed by atoms with Crippen LogP contribution in [0, 0.1) is 12.7 Å². The minimum atomic E-state index is -0.817. The van der Waals surface area contributed by atoms with E-state index in [1.165, 1.54) is 23.1 Å². The molecule has 3 aromatic carbocycles. The van der Waals surface area contributed by atoms with Crippen LogP contribution in [0.1, 0.15) is 45.8 Å². The van der Waals surface area contributed by atoms with Gasteiger partial charge in [-0.2, -0.15) is 0 Å². The summed E-state index contributed by atoms with van der Waals surface area (Å²) < 4.78 is 25.0. The topological polar surface area (TPSA) is 80.0 Å². The Morgan fingerprint density at radius 2 is 1.86 bits per heavy atom. The van der Waals surface area contributed by atoms with Crippen molar-refractivity contribution in [2.24, 2.45) is 0 Å². The standard InChI is InChI=1S/C27H21ClFNO5/c1-3-34-22-11-16(6-9-20(22)31)24-23-25(32)18-12-19(28)14(2)10-21(18)35-26(23)27(33)30(24)13-15-4-7-17(29)8-5-15/h4-12,24,31H,3,13H2,1-2H3/t24-/m0/s1. The molecule has 1 aliphatic rings. The van der Waals surface area contributed by atoms with Gasteiger partial charge >= 0.3 is 0 Å². The second-order valence-electron chi connectivity index (χ2n) is 8.39. The van der Waals surface area contributed by atoms with E-state index < -0.39 is 17.8 Å². The van der Waals surface area contributed by atoms with Gasteiger partial charge in [-0.25, -0.2) is 4.39 Å². The molecular weight excluding hydrogens is 473 g/mol. The first kappa shape index (κ1) is 22.9. The van der Waals surface area contributed by atoms with Crippen LogP contribution in [0.5, 0.6) is 11.5 Å². The smallest absolute Gasteiger partial charge is 0.291 e. The van der Waals surface area contributed by atoms with Crippen LogP contribution in [0.3, 0.4) is 0 Å². The summed E-state index contributed by atoms with van der Waals surface area (Å²) in [7, 11) is 0. The first-order valence-corrected chi connectivity index (χ1v) is 11.4. The van der Waals surface area contributed by atoms with Crippen LogP contribution in [0.2, 0.25) is 5.02 Å². The lowest BCUT2D eigenvalue weighted by atomic mass is 9.97. The number of hydrogen-bond acceptors (Lipinski definition) is 5. The highest BCUT2D eigenvalue weighted by Crippen LogP contribution is 2.41. The van der Waals surface area contributed by atoms with E-state index >= 15 is 0 Å². The van der Waals surface area contributed by atoms with E-state index in [1.54, 1.807) is 50.2 Å². The van der Waals surface area contributed by atoms with Crippen molar-refractivity contribution in [3.05, 3.63) is 104 Å². The number of phenols is 1. The van der Waals surface area contributed by atoms with Gasteiger partial charge in [0.05, 0.1) is 23.6 Å². The van der Waals surface area contributed by atoms with Gasteiger partial charge in [0.2, 0.25) is 5.76 Å². The van der Waals surface area contributed by atoms with Crippen LogP contribution in [0.15, 0.2) is 63.8 Å². The summed E-state index contributed by atoms with van der Waals surface area (Å²) in [6.07, 6.45) is 0. The molecule has 2 heterocycles. The van der Waals surface area contributed by atoms with Gasteiger partial charge in [-0.05, 0) is 66.9 Å². The molecule has 0 spiro atoms. The molecule has 1 aromatic heterocycles. The Bertz CT molecular complexity index is 1530. The summed E-state index contributed by atoms with van der Waals surface area (Å²) in [6.45, 7) is 4.00. The van der Waals surface area contributed by atoms with Crippen LogP contribution >= 0.6 is 11.6 Å². The molecule has 0 radical (unpaired) electrons. The lowest BCUT2D eigenvalue weighted by Gasteiger charge is -2.25. The van der Waals surface area contributed by atoms with Crippen LogP contribution in [-0.2, 0) is 6.54 Å². The number of nitrogens with zero attached hydrogens (tertiary/aromatic N) is 1. The zero-order valence-corrected chi connectivity index (χ0v) is 19.7. The zero-order chi connectivity index (χ0) is 24.9. The molecule has 0 saturated carbocycles. The van der Waals surface area contributed by atoms with Gasteiger partial charge in [-0.1, -0.05) is 29.8 Å². The Morgan fingerprint density at radius 3 is 2.57 bits per heavy atom. The van der Waals surface area contributed by atoms with Crippen molar-refractivity contribution >= 4 is 28.5 Å². The molecule has 0 bridgehead atoms. The lowest BCUT2D eigenvalue weighted by molar-refractivity contribution is 0.0714. The Labute approximate surface area is 205 Å². The number of hydrogen-bond donors (Lipinski definition) is 1. The predicted molar refractivity (Wildman–Crippen MR) is 130 cm³/mol. The fourth-order valence-corrected chi connectivity index (χ4v) is 4.57. The highest BCUT2D eigenvalue weighted by molar-refractivity contribution is 6.32. The van der Waals surface area contributed by atoms with Crippen LogP contribution in [-0.4, -0.2) is 22.5 Å². The average molecular weight is 494 g/mol. The molecule has 0 unspecified atom stereocenters. The second kappa shape index (κ2) is 8.74. The molecule has 1 aliphatic heterocycles. The van der Waals surface area contributed by atoms with Crippen molar-refractivity contribution in [2.45, 2.75) is 26.4 Å². The van der Waals surface area contributed by atoms with Gasteiger partial charge in [0.1, 0.15) is 11.4 Å². The number of amides is 1. The van der Waals surface area contributed by atoms with Crippen LogP contribution in [0.25, 0.3) is 11.0 Å². The molecule has 0 fully saturated rings. The van der Waals surface area contributed by atoms with Gasteiger partial charge in [0.25, 0.3) is 5.91 Å². The third kappa shape index (κ3) is 3.91. The first-order chi connectivity index (χ1) is 16.8. The van der Waals surface area contributed by atoms with Crippen molar-refractivity contribution < 1.29 is 23.4 Å². The Hall–Kier alpha value is -3.84. The molecule has 0 aliphatic carbocycles. The number of halogens is 2. The third-order valence-electron chi connectivity index (χ3n) is 6.11. The lowest BCUT2D eigenvalue weighted by Crippen LogP contribution is -2.29. The predicted octanol–water partition coefficient (Wildman–Crippen LogP) is 5.74. The van der Waals surface area contributed by atoms with Gasteiger partial charge in [-0.3, -0.25) is 9.59 Å². The largest absolute Gasteiger partial charge is 0.504 e. The molecule has 4 aromatic rings. The quantitative estimate of drug-likeness (QED) is 0.383. The van der Waals surface area contributed by atoms with E-state index in [4.69, 9.17) is 20.8 Å². The monoisotopic (exact) mass is 493 g/mol. The molecular formula is C27H21ClFNO5. The van der Waals surface area contributed by atoms with E-state index in [9.17, 15) is 19.1 Å². The molecule has 1 atom stereocenters. The van der Waals surface area contributed by atoms with Crippen molar-refractivity contribution in [1.29, 1.82) is 0 Å². The summed E-state index contributed by atoms with van der Waals surface area (Å²) in [5.41, 5.74) is 2.04. The number of carbonyl (C=O) groups is 1. The average Bonchev–Trinajstić information content (AvgIpc) is 3.10. The normalized spacial score (nSPS) is 15.0. The van der Waals surface area contributed by atoms with E-state index in [-0.39, 0.29) is 45.8 Å². The molecule has 1 N–H and O–H groups in total. The van der Waals surface area contributed by atoms with Gasteiger partial charge in [-0.15, -0.1) is 0 Å². The molecule has 35 heavy (non-hydrogen) atoms. The van der Waals surface area contributed by atoms with Gasteiger partial charge in [0.15, 0.2) is 16.9 Å². The summed E-state index contributed by atoms with van der Waals surface area (Å²) in [5, 5.41) is 10.9. The number of carbonyl (C=O) groups excluding carboxylic acids is 1. The van der Waals surface area contributed by atoms with Crippen molar-refractivity contribution in [2.75, 3.05) is 6.61 Å².